The molecule has 6 nitrogen and oxygen atoms in total. The first kappa shape index (κ1) is 16.4. The molecular formula is C13H15Br2N3O3. The number of hydrogen-bond acceptors (Lipinski definition) is 4. The number of nitrogens with zero attached hydrogens (tertiary/aromatic N) is 2. The molecule has 1 aliphatic rings. The third-order valence-corrected chi connectivity index (χ3v) is 4.57. The van der Waals surface area contributed by atoms with Crippen LogP contribution in [0.1, 0.15) is 19.3 Å². The molecular weight excluding hydrogens is 406 g/mol. The van der Waals surface area contributed by atoms with E-state index in [4.69, 9.17) is 0 Å². The molecule has 0 aliphatic carbocycles. The zero-order chi connectivity index (χ0) is 15.4. The molecule has 114 valence electrons. The number of benzene rings is 1. The molecule has 21 heavy (non-hydrogen) atoms. The zero-order valence-corrected chi connectivity index (χ0v) is 14.4. The van der Waals surface area contributed by atoms with Crippen LogP contribution in [0, 0.1) is 10.1 Å². The Bertz CT molecular complexity index is 537. The van der Waals surface area contributed by atoms with Crippen molar-refractivity contribution in [1.82, 2.24) is 4.90 Å². The summed E-state index contributed by atoms with van der Waals surface area (Å²) in [5.41, 5.74) is 0.477. The van der Waals surface area contributed by atoms with Crippen molar-refractivity contribution in [3.05, 3.63) is 31.2 Å². The smallest absolute Gasteiger partial charge is 0.271 e. The molecule has 2 rings (SSSR count). The van der Waals surface area contributed by atoms with Gasteiger partial charge in [-0.25, -0.2) is 0 Å². The van der Waals surface area contributed by atoms with Crippen molar-refractivity contribution < 1.29 is 9.72 Å². The number of piperidine rings is 1. The van der Waals surface area contributed by atoms with Gasteiger partial charge in [0.2, 0.25) is 5.91 Å². The monoisotopic (exact) mass is 419 g/mol. The minimum absolute atomic E-state index is 0.0391. The van der Waals surface area contributed by atoms with Gasteiger partial charge in [0.05, 0.1) is 17.2 Å². The number of nitro benzene ring substituents is 1. The van der Waals surface area contributed by atoms with E-state index in [9.17, 15) is 14.9 Å². The fourth-order valence-electron chi connectivity index (χ4n) is 2.28. The number of rotatable bonds is 4. The highest BCUT2D eigenvalue weighted by Crippen LogP contribution is 2.35. The third kappa shape index (κ3) is 4.49. The molecule has 1 amide bonds. The Kier molecular flexibility index (Phi) is 5.72. The molecule has 1 aromatic rings. The van der Waals surface area contributed by atoms with Crippen molar-refractivity contribution in [2.24, 2.45) is 0 Å². The summed E-state index contributed by atoms with van der Waals surface area (Å²) in [5, 5.41) is 13.6. The lowest BCUT2D eigenvalue weighted by molar-refractivity contribution is -0.385. The second-order valence-corrected chi connectivity index (χ2v) is 6.64. The zero-order valence-electron chi connectivity index (χ0n) is 11.3. The molecule has 1 aromatic carbocycles. The third-order valence-electron chi connectivity index (χ3n) is 3.32. The van der Waals surface area contributed by atoms with Crippen LogP contribution in [0.25, 0.3) is 0 Å². The molecule has 1 heterocycles. The summed E-state index contributed by atoms with van der Waals surface area (Å²) in [5.74, 6) is -0.118. The summed E-state index contributed by atoms with van der Waals surface area (Å²) >= 11 is 6.51. The fourth-order valence-corrected chi connectivity index (χ4v) is 3.64. The topological polar surface area (TPSA) is 75.5 Å². The molecule has 0 radical (unpaired) electrons. The van der Waals surface area contributed by atoms with Crippen LogP contribution in [0.5, 0.6) is 0 Å². The van der Waals surface area contributed by atoms with Gasteiger partial charge in [0.25, 0.3) is 5.69 Å². The first-order valence-electron chi connectivity index (χ1n) is 6.63. The Morgan fingerprint density at radius 3 is 2.33 bits per heavy atom. The predicted molar refractivity (Wildman–Crippen MR) is 87.4 cm³/mol. The van der Waals surface area contributed by atoms with E-state index in [2.05, 4.69) is 42.1 Å². The van der Waals surface area contributed by atoms with E-state index >= 15 is 0 Å². The molecule has 1 saturated heterocycles. The number of carbonyl (C=O) groups excluding carboxylic acids is 1. The second kappa shape index (κ2) is 7.33. The normalized spacial score (nSPS) is 15.7. The Labute approximate surface area is 139 Å². The number of amides is 1. The maximum atomic E-state index is 12.1. The molecule has 0 atom stereocenters. The van der Waals surface area contributed by atoms with E-state index in [1.807, 2.05) is 0 Å². The molecule has 8 heteroatoms. The molecule has 0 saturated carbocycles. The molecule has 0 aromatic heterocycles. The van der Waals surface area contributed by atoms with Crippen LogP contribution in [0.2, 0.25) is 0 Å². The highest BCUT2D eigenvalue weighted by Gasteiger charge is 2.18. The molecule has 0 unspecified atom stereocenters. The Balaban J connectivity index is 2.04. The van der Waals surface area contributed by atoms with Gasteiger partial charge in [0.1, 0.15) is 0 Å². The molecule has 1 N–H and O–H groups in total. The maximum Gasteiger partial charge on any atom is 0.271 e. The van der Waals surface area contributed by atoms with Gasteiger partial charge < -0.3 is 5.32 Å². The first-order valence-corrected chi connectivity index (χ1v) is 8.21. The van der Waals surface area contributed by atoms with Crippen LogP contribution in [0.4, 0.5) is 11.4 Å². The largest absolute Gasteiger partial charge is 0.323 e. The summed E-state index contributed by atoms with van der Waals surface area (Å²) in [6.07, 6.45) is 3.47. The van der Waals surface area contributed by atoms with Crippen molar-refractivity contribution >= 4 is 49.1 Å². The standard InChI is InChI=1S/C13H15Br2N3O3/c14-10-6-9(18(20)21)7-11(15)13(10)16-12(19)8-17-4-2-1-3-5-17/h6-7H,1-5,8H2,(H,16,19). The van der Waals surface area contributed by atoms with Crippen LogP contribution in [-0.4, -0.2) is 35.4 Å². The summed E-state index contributed by atoms with van der Waals surface area (Å²) in [6, 6.07) is 2.75. The summed E-state index contributed by atoms with van der Waals surface area (Å²) in [4.78, 5) is 24.5. The minimum Gasteiger partial charge on any atom is -0.323 e. The Hall–Kier alpha value is -0.990. The van der Waals surface area contributed by atoms with Gasteiger partial charge >= 0.3 is 0 Å². The van der Waals surface area contributed by atoms with Gasteiger partial charge in [-0.05, 0) is 57.8 Å². The molecule has 0 bridgehead atoms. The van der Waals surface area contributed by atoms with E-state index in [0.29, 0.717) is 21.2 Å². The molecule has 0 spiro atoms. The molecule has 1 fully saturated rings. The lowest BCUT2D eigenvalue weighted by Crippen LogP contribution is -2.36. The number of hydrogen-bond donors (Lipinski definition) is 1. The van der Waals surface area contributed by atoms with Crippen molar-refractivity contribution in [1.29, 1.82) is 0 Å². The van der Waals surface area contributed by atoms with E-state index in [1.165, 1.54) is 18.6 Å². The molecule has 1 aliphatic heterocycles. The highest BCUT2D eigenvalue weighted by atomic mass is 79.9. The van der Waals surface area contributed by atoms with Gasteiger partial charge in [0, 0.05) is 21.1 Å². The Morgan fingerprint density at radius 1 is 1.24 bits per heavy atom. The number of halogens is 2. The summed E-state index contributed by atoms with van der Waals surface area (Å²) < 4.78 is 0.964. The lowest BCUT2D eigenvalue weighted by atomic mass is 10.1. The quantitative estimate of drug-likeness (QED) is 0.596. The van der Waals surface area contributed by atoms with Gasteiger partial charge in [-0.3, -0.25) is 19.8 Å². The van der Waals surface area contributed by atoms with Crippen LogP contribution < -0.4 is 5.32 Å². The number of likely N-dealkylation sites (tertiary alicyclic amines) is 1. The number of nitro groups is 1. The highest BCUT2D eigenvalue weighted by molar-refractivity contribution is 9.11. The van der Waals surface area contributed by atoms with Crippen molar-refractivity contribution in [3.8, 4) is 0 Å². The van der Waals surface area contributed by atoms with E-state index in [-0.39, 0.29) is 11.6 Å². The SMILES string of the molecule is O=C(CN1CCCCC1)Nc1c(Br)cc([N+](=O)[O-])cc1Br. The number of non-ortho nitro benzene ring substituents is 1. The number of anilines is 1. The van der Waals surface area contributed by atoms with Crippen molar-refractivity contribution in [2.75, 3.05) is 25.0 Å². The lowest BCUT2D eigenvalue weighted by Gasteiger charge is -2.25. The average molecular weight is 421 g/mol. The minimum atomic E-state index is -0.477. The van der Waals surface area contributed by atoms with Gasteiger partial charge in [-0.1, -0.05) is 6.42 Å². The van der Waals surface area contributed by atoms with E-state index in [1.54, 1.807) is 0 Å². The number of carbonyl (C=O) groups is 1. The second-order valence-electron chi connectivity index (χ2n) is 4.93. The van der Waals surface area contributed by atoms with Gasteiger partial charge in [-0.2, -0.15) is 0 Å². The first-order chi connectivity index (χ1) is 9.97. The Morgan fingerprint density at radius 2 is 1.81 bits per heavy atom. The average Bonchev–Trinajstić information content (AvgIpc) is 2.43. The van der Waals surface area contributed by atoms with Crippen molar-refractivity contribution in [2.45, 2.75) is 19.3 Å². The predicted octanol–water partition coefficient (Wildman–Crippen LogP) is 3.54. The van der Waals surface area contributed by atoms with Crippen LogP contribution in [0.15, 0.2) is 21.1 Å². The van der Waals surface area contributed by atoms with E-state index < -0.39 is 4.92 Å². The van der Waals surface area contributed by atoms with E-state index in [0.717, 1.165) is 25.9 Å². The fraction of sp³-hybridized carbons (Fsp3) is 0.462. The van der Waals surface area contributed by atoms with Crippen LogP contribution in [0.3, 0.4) is 0 Å². The van der Waals surface area contributed by atoms with Gasteiger partial charge in [-0.15, -0.1) is 0 Å². The van der Waals surface area contributed by atoms with Gasteiger partial charge in [0.15, 0.2) is 0 Å². The summed E-state index contributed by atoms with van der Waals surface area (Å²) in [7, 11) is 0. The summed E-state index contributed by atoms with van der Waals surface area (Å²) in [6.45, 7) is 2.22. The van der Waals surface area contributed by atoms with Crippen LogP contribution >= 0.6 is 31.9 Å². The van der Waals surface area contributed by atoms with Crippen molar-refractivity contribution in [3.63, 3.8) is 0 Å². The maximum absolute atomic E-state index is 12.1. The van der Waals surface area contributed by atoms with Crippen LogP contribution in [-0.2, 0) is 4.79 Å². The number of nitrogens with one attached hydrogen (secondary N) is 1.